The smallest absolute Gasteiger partial charge is 0.419 e. The standard InChI is InChI=1S/C29H31F4N7O2/c1-4-40-16-24-27(38-40)37-26(15-34-24)35-17(2)21-14-19(6-7-23(21)30)36-28(41)18-5-8-25(22(13-18)29(31,32)33)42-20-9-11-39(3)12-10-20/h5-8,13-17,20H,4,9-12H2,1-3H3,(H,36,41)(H,35,37,38)/t17-/m0/s1. The Hall–Kier alpha value is -4.26. The van der Waals surface area contributed by atoms with Gasteiger partial charge in [-0.3, -0.25) is 9.48 Å². The van der Waals surface area contributed by atoms with Gasteiger partial charge in [0.2, 0.25) is 5.65 Å². The molecule has 0 radical (unpaired) electrons. The summed E-state index contributed by atoms with van der Waals surface area (Å²) in [4.78, 5) is 23.8. The third-order valence-electron chi connectivity index (χ3n) is 7.19. The average Bonchev–Trinajstić information content (AvgIpc) is 3.37. The van der Waals surface area contributed by atoms with Crippen LogP contribution in [0.4, 0.5) is 29.1 Å². The highest BCUT2D eigenvalue weighted by molar-refractivity contribution is 6.04. The molecule has 0 bridgehead atoms. The minimum absolute atomic E-state index is 0.204. The molecule has 222 valence electrons. The number of fused-ring (bicyclic) bond motifs is 1. The van der Waals surface area contributed by atoms with Gasteiger partial charge in [0.25, 0.3) is 5.91 Å². The highest BCUT2D eigenvalue weighted by Crippen LogP contribution is 2.38. The number of hydrogen-bond donors (Lipinski definition) is 2. The van der Waals surface area contributed by atoms with Crippen LogP contribution in [0.25, 0.3) is 11.2 Å². The van der Waals surface area contributed by atoms with Crippen molar-refractivity contribution in [2.45, 2.75) is 51.6 Å². The van der Waals surface area contributed by atoms with E-state index in [2.05, 4.69) is 30.6 Å². The molecule has 1 atom stereocenters. The number of ether oxygens (including phenoxy) is 1. The molecule has 1 amide bonds. The summed E-state index contributed by atoms with van der Waals surface area (Å²) in [6.07, 6.45) is -0.544. The molecule has 0 unspecified atom stereocenters. The molecule has 0 spiro atoms. The zero-order chi connectivity index (χ0) is 30.0. The summed E-state index contributed by atoms with van der Waals surface area (Å²) < 4.78 is 64.0. The summed E-state index contributed by atoms with van der Waals surface area (Å²) in [6, 6.07) is 6.61. The molecule has 5 rings (SSSR count). The number of halogens is 4. The lowest BCUT2D eigenvalue weighted by atomic mass is 10.1. The fourth-order valence-corrected chi connectivity index (χ4v) is 4.81. The first-order chi connectivity index (χ1) is 20.0. The van der Waals surface area contributed by atoms with Crippen LogP contribution < -0.4 is 15.4 Å². The summed E-state index contributed by atoms with van der Waals surface area (Å²) in [6.45, 7) is 5.77. The molecule has 1 aliphatic heterocycles. The third-order valence-corrected chi connectivity index (χ3v) is 7.19. The number of aromatic nitrogens is 4. The quantitative estimate of drug-likeness (QED) is 0.249. The lowest BCUT2D eigenvalue weighted by Gasteiger charge is -2.30. The van der Waals surface area contributed by atoms with Crippen molar-refractivity contribution in [1.29, 1.82) is 0 Å². The molecule has 0 saturated carbocycles. The van der Waals surface area contributed by atoms with E-state index >= 15 is 0 Å². The normalized spacial score (nSPS) is 15.5. The zero-order valence-corrected chi connectivity index (χ0v) is 23.4. The van der Waals surface area contributed by atoms with Gasteiger partial charge < -0.3 is 20.3 Å². The molecule has 13 heteroatoms. The van der Waals surface area contributed by atoms with Crippen LogP contribution in [0.15, 0.2) is 48.8 Å². The maximum absolute atomic E-state index is 14.8. The second-order valence-electron chi connectivity index (χ2n) is 10.3. The van der Waals surface area contributed by atoms with Crippen molar-refractivity contribution in [1.82, 2.24) is 24.6 Å². The number of carbonyl (C=O) groups excluding carboxylic acids is 1. The highest BCUT2D eigenvalue weighted by atomic mass is 19.4. The van der Waals surface area contributed by atoms with Crippen molar-refractivity contribution in [3.63, 3.8) is 0 Å². The van der Waals surface area contributed by atoms with Gasteiger partial charge in [0.05, 0.1) is 24.0 Å². The Morgan fingerprint density at radius 1 is 1.17 bits per heavy atom. The maximum Gasteiger partial charge on any atom is 0.419 e. The molecular formula is C29H31F4N7O2. The molecule has 0 aliphatic carbocycles. The van der Waals surface area contributed by atoms with E-state index in [9.17, 15) is 22.4 Å². The van der Waals surface area contributed by atoms with Crippen LogP contribution >= 0.6 is 0 Å². The van der Waals surface area contributed by atoms with Crippen molar-refractivity contribution in [2.75, 3.05) is 30.8 Å². The van der Waals surface area contributed by atoms with Crippen molar-refractivity contribution in [2.24, 2.45) is 0 Å². The maximum atomic E-state index is 14.8. The summed E-state index contributed by atoms with van der Waals surface area (Å²) >= 11 is 0. The second-order valence-corrected chi connectivity index (χ2v) is 10.3. The predicted octanol–water partition coefficient (Wildman–Crippen LogP) is 5.90. The summed E-state index contributed by atoms with van der Waals surface area (Å²) in [7, 11) is 1.95. The van der Waals surface area contributed by atoms with Gasteiger partial charge in [0, 0.05) is 36.4 Å². The van der Waals surface area contributed by atoms with Crippen LogP contribution in [0.2, 0.25) is 0 Å². The van der Waals surface area contributed by atoms with Crippen LogP contribution in [0, 0.1) is 5.82 Å². The number of amides is 1. The number of anilines is 2. The van der Waals surface area contributed by atoms with Crippen LogP contribution in [0.3, 0.4) is 0 Å². The Balaban J connectivity index is 1.31. The largest absolute Gasteiger partial charge is 0.490 e. The third kappa shape index (κ3) is 6.62. The molecule has 3 heterocycles. The number of nitrogens with zero attached hydrogens (tertiary/aromatic N) is 5. The minimum Gasteiger partial charge on any atom is -0.490 e. The van der Waals surface area contributed by atoms with Gasteiger partial charge in [-0.1, -0.05) is 0 Å². The number of nitrogens with one attached hydrogen (secondary N) is 2. The fourth-order valence-electron chi connectivity index (χ4n) is 4.81. The van der Waals surface area contributed by atoms with E-state index < -0.39 is 29.5 Å². The van der Waals surface area contributed by atoms with E-state index in [-0.39, 0.29) is 28.7 Å². The lowest BCUT2D eigenvalue weighted by Crippen LogP contribution is -2.36. The number of rotatable bonds is 8. The minimum atomic E-state index is -4.72. The van der Waals surface area contributed by atoms with E-state index in [0.29, 0.717) is 36.4 Å². The molecule has 2 N–H and O–H groups in total. The number of hydrogen-bond acceptors (Lipinski definition) is 7. The van der Waals surface area contributed by atoms with E-state index in [4.69, 9.17) is 4.74 Å². The SMILES string of the molecule is CCn1cc2ncc(N[C@@H](C)c3cc(NC(=O)c4ccc(OC5CCN(C)CC5)c(C(F)(F)F)c4)ccc3F)nc2n1. The Labute approximate surface area is 239 Å². The zero-order valence-electron chi connectivity index (χ0n) is 23.4. The molecule has 42 heavy (non-hydrogen) atoms. The van der Waals surface area contributed by atoms with Gasteiger partial charge in [-0.2, -0.15) is 18.3 Å². The van der Waals surface area contributed by atoms with Crippen molar-refractivity contribution in [3.8, 4) is 5.75 Å². The fraction of sp³-hybridized carbons (Fsp3) is 0.379. The van der Waals surface area contributed by atoms with Gasteiger partial charge in [0.1, 0.15) is 29.0 Å². The van der Waals surface area contributed by atoms with Gasteiger partial charge in [-0.05, 0) is 70.1 Å². The molecule has 2 aromatic heterocycles. The molecule has 1 aliphatic rings. The highest BCUT2D eigenvalue weighted by Gasteiger charge is 2.36. The van der Waals surface area contributed by atoms with Crippen LogP contribution in [-0.4, -0.2) is 56.8 Å². The summed E-state index contributed by atoms with van der Waals surface area (Å²) in [5.74, 6) is -1.23. The van der Waals surface area contributed by atoms with Crippen molar-refractivity contribution < 1.29 is 27.1 Å². The topological polar surface area (TPSA) is 97.2 Å². The molecule has 4 aromatic rings. The van der Waals surface area contributed by atoms with E-state index in [1.165, 1.54) is 36.5 Å². The molecule has 2 aromatic carbocycles. The number of likely N-dealkylation sites (tertiary alicyclic amines) is 1. The Bertz CT molecular complexity index is 1580. The molecule has 9 nitrogen and oxygen atoms in total. The average molecular weight is 586 g/mol. The molecular weight excluding hydrogens is 554 g/mol. The van der Waals surface area contributed by atoms with Crippen molar-refractivity contribution >= 4 is 28.6 Å². The van der Waals surface area contributed by atoms with Gasteiger partial charge >= 0.3 is 6.18 Å². The Morgan fingerprint density at radius 2 is 1.93 bits per heavy atom. The van der Waals surface area contributed by atoms with E-state index in [1.807, 2.05) is 14.0 Å². The second kappa shape index (κ2) is 11.9. The lowest BCUT2D eigenvalue weighted by molar-refractivity contribution is -0.139. The first-order valence-electron chi connectivity index (χ1n) is 13.6. The van der Waals surface area contributed by atoms with Crippen LogP contribution in [-0.2, 0) is 12.7 Å². The number of aryl methyl sites for hydroxylation is 1. The first-order valence-corrected chi connectivity index (χ1v) is 13.6. The van der Waals surface area contributed by atoms with E-state index in [0.717, 1.165) is 19.2 Å². The Kier molecular flexibility index (Phi) is 8.30. The molecule has 1 fully saturated rings. The van der Waals surface area contributed by atoms with E-state index in [1.54, 1.807) is 17.8 Å². The van der Waals surface area contributed by atoms with Gasteiger partial charge in [0.15, 0.2) is 0 Å². The number of piperidine rings is 1. The number of benzene rings is 2. The summed E-state index contributed by atoms with van der Waals surface area (Å²) in [5.41, 5.74) is 0.274. The van der Waals surface area contributed by atoms with Crippen LogP contribution in [0.1, 0.15) is 54.2 Å². The first kappa shape index (κ1) is 29.2. The van der Waals surface area contributed by atoms with Gasteiger partial charge in [-0.25, -0.2) is 14.4 Å². The Morgan fingerprint density at radius 3 is 2.64 bits per heavy atom. The van der Waals surface area contributed by atoms with Crippen molar-refractivity contribution in [3.05, 3.63) is 71.3 Å². The summed E-state index contributed by atoms with van der Waals surface area (Å²) in [5, 5.41) is 9.98. The predicted molar refractivity (Wildman–Crippen MR) is 150 cm³/mol. The molecule has 1 saturated heterocycles. The number of carbonyl (C=O) groups is 1. The number of alkyl halides is 3. The van der Waals surface area contributed by atoms with Gasteiger partial charge in [-0.15, -0.1) is 0 Å². The monoisotopic (exact) mass is 585 g/mol. The van der Waals surface area contributed by atoms with Crippen LogP contribution in [0.5, 0.6) is 5.75 Å².